The van der Waals surface area contributed by atoms with Crippen molar-refractivity contribution < 1.29 is 18.3 Å². The van der Waals surface area contributed by atoms with Gasteiger partial charge in [0.15, 0.2) is 0 Å². The van der Waals surface area contributed by atoms with Gasteiger partial charge < -0.3 is 10.1 Å². The highest BCUT2D eigenvalue weighted by molar-refractivity contribution is 6.13. The molecule has 2 aromatic heterocycles. The summed E-state index contributed by atoms with van der Waals surface area (Å²) in [6.45, 7) is 2.63. The van der Waals surface area contributed by atoms with Gasteiger partial charge in [-0.1, -0.05) is 24.3 Å². The number of hydrogen-bond donors (Lipinski definition) is 1. The molecular weight excluding hydrogens is 414 g/mol. The molecule has 4 aromatic rings. The molecule has 0 fully saturated rings. The summed E-state index contributed by atoms with van der Waals surface area (Å²) >= 11 is 0. The summed E-state index contributed by atoms with van der Waals surface area (Å²) in [5.74, 6) is -0.551. The van der Waals surface area contributed by atoms with E-state index in [-0.39, 0.29) is 11.4 Å². The van der Waals surface area contributed by atoms with Crippen molar-refractivity contribution >= 4 is 22.5 Å². The summed E-state index contributed by atoms with van der Waals surface area (Å²) in [5.41, 5.74) is 5.17. The van der Waals surface area contributed by atoms with Crippen molar-refractivity contribution in [1.82, 2.24) is 14.8 Å². The lowest BCUT2D eigenvalue weighted by molar-refractivity contribution is -0.0493. The predicted octanol–water partition coefficient (Wildman–Crippen LogP) is 5.41. The molecule has 0 aliphatic rings. The minimum absolute atomic E-state index is 0.100. The van der Waals surface area contributed by atoms with Gasteiger partial charge in [-0.3, -0.25) is 9.48 Å². The fraction of sp³-hybridized carbons (Fsp3) is 0.208. The number of rotatable bonds is 5. The van der Waals surface area contributed by atoms with Crippen LogP contribution in [0.5, 0.6) is 5.75 Å². The molecule has 0 radical (unpaired) electrons. The molecule has 8 heteroatoms. The van der Waals surface area contributed by atoms with E-state index in [4.69, 9.17) is 4.98 Å². The number of pyridine rings is 1. The minimum atomic E-state index is -3.00. The standard InChI is InChI=1S/C24H22F2N4O2/c1-13-9-10-21(32-24(25)26)19(11-13)28-23(31)17-12-20(22-14(2)29-30(4)15(22)3)27-18-8-6-5-7-16(17)18/h5-12,24H,1-4H3,(H,28,31). The normalized spacial score (nSPS) is 11.2. The van der Waals surface area contributed by atoms with E-state index in [0.29, 0.717) is 22.2 Å². The Morgan fingerprint density at radius 3 is 2.53 bits per heavy atom. The van der Waals surface area contributed by atoms with Crippen LogP contribution in [-0.4, -0.2) is 27.3 Å². The zero-order valence-corrected chi connectivity index (χ0v) is 18.1. The first-order valence-electron chi connectivity index (χ1n) is 10.0. The fourth-order valence-electron chi connectivity index (χ4n) is 3.77. The van der Waals surface area contributed by atoms with E-state index in [1.165, 1.54) is 6.07 Å². The molecule has 4 rings (SSSR count). The summed E-state index contributed by atoms with van der Waals surface area (Å²) in [4.78, 5) is 18.1. The van der Waals surface area contributed by atoms with Crippen LogP contribution in [0.1, 0.15) is 27.3 Å². The van der Waals surface area contributed by atoms with Gasteiger partial charge in [0.1, 0.15) is 5.75 Å². The quantitative estimate of drug-likeness (QED) is 0.454. The average Bonchev–Trinajstić information content (AvgIpc) is 3.00. The van der Waals surface area contributed by atoms with Gasteiger partial charge in [-0.15, -0.1) is 0 Å². The van der Waals surface area contributed by atoms with E-state index >= 15 is 0 Å². The van der Waals surface area contributed by atoms with E-state index in [1.807, 2.05) is 39.1 Å². The molecule has 2 heterocycles. The maximum atomic E-state index is 13.3. The van der Waals surface area contributed by atoms with Crippen molar-refractivity contribution in [3.8, 4) is 17.0 Å². The lowest BCUT2D eigenvalue weighted by Gasteiger charge is -2.14. The van der Waals surface area contributed by atoms with Crippen LogP contribution in [0.4, 0.5) is 14.5 Å². The van der Waals surface area contributed by atoms with Crippen LogP contribution in [0.3, 0.4) is 0 Å². The molecule has 2 aromatic carbocycles. The Kier molecular flexibility index (Phi) is 5.61. The number of amides is 1. The van der Waals surface area contributed by atoms with Gasteiger partial charge >= 0.3 is 6.61 Å². The SMILES string of the molecule is Cc1ccc(OC(F)F)c(NC(=O)c2cc(-c3c(C)nn(C)c3C)nc3ccccc23)c1. The van der Waals surface area contributed by atoms with Crippen LogP contribution >= 0.6 is 0 Å². The number of alkyl halides is 2. The number of aromatic nitrogens is 3. The van der Waals surface area contributed by atoms with Gasteiger partial charge in [0.2, 0.25) is 0 Å². The second-order valence-corrected chi connectivity index (χ2v) is 7.57. The number of benzene rings is 2. The highest BCUT2D eigenvalue weighted by atomic mass is 19.3. The lowest BCUT2D eigenvalue weighted by Crippen LogP contribution is -2.15. The van der Waals surface area contributed by atoms with Crippen LogP contribution in [0.15, 0.2) is 48.5 Å². The second-order valence-electron chi connectivity index (χ2n) is 7.57. The number of aryl methyl sites for hydroxylation is 3. The molecule has 0 unspecified atom stereocenters. The van der Waals surface area contributed by atoms with Gasteiger partial charge in [-0.05, 0) is 50.6 Å². The van der Waals surface area contributed by atoms with E-state index in [1.54, 1.807) is 35.9 Å². The molecule has 1 N–H and O–H groups in total. The van der Waals surface area contributed by atoms with Gasteiger partial charge in [-0.25, -0.2) is 4.98 Å². The molecule has 0 aliphatic heterocycles. The number of hydrogen-bond acceptors (Lipinski definition) is 4. The topological polar surface area (TPSA) is 69.0 Å². The molecule has 0 atom stereocenters. The summed E-state index contributed by atoms with van der Waals surface area (Å²) in [5, 5.41) is 7.83. The highest BCUT2D eigenvalue weighted by Crippen LogP contribution is 2.31. The summed E-state index contributed by atoms with van der Waals surface area (Å²) in [6, 6.07) is 13.6. The first-order chi connectivity index (χ1) is 15.2. The molecule has 0 saturated carbocycles. The molecule has 0 saturated heterocycles. The second kappa shape index (κ2) is 8.37. The van der Waals surface area contributed by atoms with Crippen molar-refractivity contribution in [2.45, 2.75) is 27.4 Å². The molecule has 0 bridgehead atoms. The third kappa shape index (κ3) is 4.03. The van der Waals surface area contributed by atoms with Crippen molar-refractivity contribution in [3.63, 3.8) is 0 Å². The lowest BCUT2D eigenvalue weighted by atomic mass is 10.0. The van der Waals surface area contributed by atoms with Gasteiger partial charge in [0, 0.05) is 23.7 Å². The number of nitrogens with zero attached hydrogens (tertiary/aromatic N) is 3. The third-order valence-electron chi connectivity index (χ3n) is 5.33. The van der Waals surface area contributed by atoms with Crippen molar-refractivity contribution in [2.24, 2.45) is 7.05 Å². The predicted molar refractivity (Wildman–Crippen MR) is 119 cm³/mol. The number of ether oxygens (including phenoxy) is 1. The van der Waals surface area contributed by atoms with Gasteiger partial charge in [-0.2, -0.15) is 13.9 Å². The Balaban J connectivity index is 1.83. The highest BCUT2D eigenvalue weighted by Gasteiger charge is 2.20. The van der Waals surface area contributed by atoms with Crippen LogP contribution < -0.4 is 10.1 Å². The van der Waals surface area contributed by atoms with Gasteiger partial charge in [0.25, 0.3) is 5.91 Å². The van der Waals surface area contributed by atoms with E-state index in [0.717, 1.165) is 22.5 Å². The molecule has 0 spiro atoms. The zero-order valence-electron chi connectivity index (χ0n) is 18.1. The summed E-state index contributed by atoms with van der Waals surface area (Å²) < 4.78 is 32.0. The summed E-state index contributed by atoms with van der Waals surface area (Å²) in [7, 11) is 1.85. The molecule has 1 amide bonds. The van der Waals surface area contributed by atoms with E-state index in [9.17, 15) is 13.6 Å². The van der Waals surface area contributed by atoms with E-state index < -0.39 is 12.5 Å². The molecule has 32 heavy (non-hydrogen) atoms. The monoisotopic (exact) mass is 436 g/mol. The first kappa shape index (κ1) is 21.4. The number of halogens is 2. The van der Waals surface area contributed by atoms with Crippen LogP contribution in [0.2, 0.25) is 0 Å². The number of carbonyl (C=O) groups is 1. The Bertz CT molecular complexity index is 1330. The van der Waals surface area contributed by atoms with Crippen LogP contribution in [0.25, 0.3) is 22.2 Å². The van der Waals surface area contributed by atoms with Gasteiger partial charge in [0.05, 0.1) is 28.2 Å². The van der Waals surface area contributed by atoms with E-state index in [2.05, 4.69) is 15.2 Å². The smallest absolute Gasteiger partial charge is 0.387 e. The number of anilines is 1. The maximum absolute atomic E-state index is 13.3. The largest absolute Gasteiger partial charge is 0.433 e. The molecule has 6 nitrogen and oxygen atoms in total. The number of carbonyl (C=O) groups excluding carboxylic acids is 1. The number of fused-ring (bicyclic) bond motifs is 1. The minimum Gasteiger partial charge on any atom is -0.433 e. The Morgan fingerprint density at radius 1 is 1.09 bits per heavy atom. The molecule has 0 aliphatic carbocycles. The number of nitrogens with one attached hydrogen (secondary N) is 1. The van der Waals surface area contributed by atoms with Crippen molar-refractivity contribution in [3.05, 3.63) is 71.0 Å². The van der Waals surface area contributed by atoms with Crippen LogP contribution in [-0.2, 0) is 7.05 Å². The van der Waals surface area contributed by atoms with Crippen molar-refractivity contribution in [2.75, 3.05) is 5.32 Å². The Hall–Kier alpha value is -3.81. The zero-order chi connectivity index (χ0) is 23.0. The van der Waals surface area contributed by atoms with Crippen LogP contribution in [0, 0.1) is 20.8 Å². The first-order valence-corrected chi connectivity index (χ1v) is 10.0. The Labute approximate surface area is 183 Å². The summed E-state index contributed by atoms with van der Waals surface area (Å²) in [6.07, 6.45) is 0. The average molecular weight is 436 g/mol. The maximum Gasteiger partial charge on any atom is 0.387 e. The molecular formula is C24H22F2N4O2. The molecule has 164 valence electrons. The number of para-hydroxylation sites is 1. The fourth-order valence-corrected chi connectivity index (χ4v) is 3.77. The third-order valence-corrected chi connectivity index (χ3v) is 5.33. The Morgan fingerprint density at radius 2 is 1.84 bits per heavy atom. The van der Waals surface area contributed by atoms with Crippen molar-refractivity contribution in [1.29, 1.82) is 0 Å².